The molecule has 0 saturated carbocycles. The number of hydrogen-bond acceptors (Lipinski definition) is 5. The van der Waals surface area contributed by atoms with E-state index in [9.17, 15) is 13.2 Å². The van der Waals surface area contributed by atoms with E-state index in [1.807, 2.05) is 0 Å². The Balaban J connectivity index is 4.22. The van der Waals surface area contributed by atoms with Crippen molar-refractivity contribution in [1.29, 1.82) is 0 Å². The summed E-state index contributed by atoms with van der Waals surface area (Å²) < 4.78 is 30.1. The maximum Gasteiger partial charge on any atom is 0.421 e. The number of nitrogens with one attached hydrogen (secondary N) is 2. The van der Waals surface area contributed by atoms with Gasteiger partial charge in [0.05, 0.1) is 6.61 Å². The van der Waals surface area contributed by atoms with Crippen LogP contribution in [0.3, 0.4) is 0 Å². The van der Waals surface area contributed by atoms with Crippen molar-refractivity contribution in [2.45, 2.75) is 6.92 Å². The zero-order valence-corrected chi connectivity index (χ0v) is 9.93. The summed E-state index contributed by atoms with van der Waals surface area (Å²) in [6, 6.07) is 0. The fraction of sp³-hybridized carbons (Fsp3) is 0.857. The SMILES string of the molecule is CCOC(=O)NS(=O)(=O)N(C)CCNC. The van der Waals surface area contributed by atoms with Gasteiger partial charge < -0.3 is 10.1 Å². The first kappa shape index (κ1) is 14.1. The van der Waals surface area contributed by atoms with Gasteiger partial charge in [-0.1, -0.05) is 0 Å². The van der Waals surface area contributed by atoms with E-state index in [0.717, 1.165) is 4.31 Å². The first-order valence-corrected chi connectivity index (χ1v) is 5.93. The normalized spacial score (nSPS) is 11.5. The van der Waals surface area contributed by atoms with Crippen molar-refractivity contribution >= 4 is 16.3 Å². The summed E-state index contributed by atoms with van der Waals surface area (Å²) in [5.74, 6) is 0. The van der Waals surface area contributed by atoms with Gasteiger partial charge in [-0.2, -0.15) is 12.7 Å². The van der Waals surface area contributed by atoms with Crippen LogP contribution in [0.2, 0.25) is 0 Å². The van der Waals surface area contributed by atoms with Crippen LogP contribution in [-0.4, -0.2) is 52.6 Å². The summed E-state index contributed by atoms with van der Waals surface area (Å²) in [5, 5.41) is 2.80. The summed E-state index contributed by atoms with van der Waals surface area (Å²) in [6.07, 6.45) is -0.964. The third-order valence-electron chi connectivity index (χ3n) is 1.57. The Bertz CT molecular complexity index is 291. The van der Waals surface area contributed by atoms with E-state index in [1.165, 1.54) is 7.05 Å². The van der Waals surface area contributed by atoms with Crippen LogP contribution in [0.1, 0.15) is 6.92 Å². The minimum atomic E-state index is -3.79. The molecule has 7 nitrogen and oxygen atoms in total. The molecule has 0 heterocycles. The molecule has 0 aromatic carbocycles. The standard InChI is InChI=1S/C7H17N3O4S/c1-4-14-7(11)9-15(12,13)10(3)6-5-8-2/h8H,4-6H2,1-3H3,(H,9,11). The van der Waals surface area contributed by atoms with Crippen molar-refractivity contribution in [2.75, 3.05) is 33.8 Å². The number of carbonyl (C=O) groups is 1. The highest BCUT2D eigenvalue weighted by Gasteiger charge is 2.20. The zero-order valence-electron chi connectivity index (χ0n) is 9.11. The van der Waals surface area contributed by atoms with Gasteiger partial charge in [-0.05, 0) is 14.0 Å². The summed E-state index contributed by atoms with van der Waals surface area (Å²) >= 11 is 0. The van der Waals surface area contributed by atoms with E-state index >= 15 is 0 Å². The Hall–Kier alpha value is -0.860. The molecule has 0 unspecified atom stereocenters. The van der Waals surface area contributed by atoms with Crippen molar-refractivity contribution in [3.05, 3.63) is 0 Å². The minimum absolute atomic E-state index is 0.127. The third kappa shape index (κ3) is 5.55. The van der Waals surface area contributed by atoms with Crippen molar-refractivity contribution in [3.63, 3.8) is 0 Å². The molecule has 2 N–H and O–H groups in total. The topological polar surface area (TPSA) is 87.7 Å². The molecule has 0 spiro atoms. The molecule has 15 heavy (non-hydrogen) atoms. The predicted molar refractivity (Wildman–Crippen MR) is 55.6 cm³/mol. The van der Waals surface area contributed by atoms with Gasteiger partial charge in [0, 0.05) is 20.1 Å². The molecule has 0 aromatic heterocycles. The molecule has 0 aliphatic carbocycles. The number of amides is 1. The fourth-order valence-electron chi connectivity index (χ4n) is 0.733. The van der Waals surface area contributed by atoms with Gasteiger partial charge >= 0.3 is 16.3 Å². The first-order valence-electron chi connectivity index (χ1n) is 4.49. The molecule has 0 aromatic rings. The van der Waals surface area contributed by atoms with Gasteiger partial charge in [-0.25, -0.2) is 9.52 Å². The lowest BCUT2D eigenvalue weighted by Gasteiger charge is -2.16. The summed E-state index contributed by atoms with van der Waals surface area (Å²) in [4.78, 5) is 10.9. The summed E-state index contributed by atoms with van der Waals surface area (Å²) in [7, 11) is -0.704. The Labute approximate surface area is 90.0 Å². The smallest absolute Gasteiger partial charge is 0.421 e. The van der Waals surface area contributed by atoms with E-state index in [-0.39, 0.29) is 13.2 Å². The molecule has 1 amide bonds. The average Bonchev–Trinajstić information content (AvgIpc) is 2.13. The van der Waals surface area contributed by atoms with Gasteiger partial charge in [0.1, 0.15) is 0 Å². The zero-order chi connectivity index (χ0) is 11.9. The number of likely N-dealkylation sites (N-methyl/N-ethyl adjacent to an activating group) is 2. The monoisotopic (exact) mass is 239 g/mol. The molecule has 0 saturated heterocycles. The van der Waals surface area contributed by atoms with Gasteiger partial charge in [0.25, 0.3) is 0 Å². The lowest BCUT2D eigenvalue weighted by atomic mass is 10.6. The van der Waals surface area contributed by atoms with Crippen LogP contribution in [0, 0.1) is 0 Å². The highest BCUT2D eigenvalue weighted by atomic mass is 32.2. The molecule has 0 aliphatic heterocycles. The van der Waals surface area contributed by atoms with Crippen LogP contribution >= 0.6 is 0 Å². The Morgan fingerprint density at radius 3 is 2.53 bits per heavy atom. The third-order valence-corrected chi connectivity index (χ3v) is 3.00. The van der Waals surface area contributed by atoms with Crippen molar-refractivity contribution < 1.29 is 17.9 Å². The number of rotatable bonds is 6. The van der Waals surface area contributed by atoms with Crippen LogP contribution in [0.25, 0.3) is 0 Å². The Morgan fingerprint density at radius 2 is 2.07 bits per heavy atom. The molecule has 0 bridgehead atoms. The fourth-order valence-corrected chi connectivity index (χ4v) is 1.49. The van der Waals surface area contributed by atoms with E-state index in [1.54, 1.807) is 18.7 Å². The summed E-state index contributed by atoms with van der Waals surface area (Å²) in [6.45, 7) is 2.49. The van der Waals surface area contributed by atoms with E-state index in [0.29, 0.717) is 6.54 Å². The molecule has 0 fully saturated rings. The second-order valence-electron chi connectivity index (χ2n) is 2.75. The molecule has 0 atom stereocenters. The largest absolute Gasteiger partial charge is 0.449 e. The van der Waals surface area contributed by atoms with E-state index in [2.05, 4.69) is 10.1 Å². The van der Waals surface area contributed by atoms with Crippen molar-refractivity contribution in [3.8, 4) is 0 Å². The minimum Gasteiger partial charge on any atom is -0.449 e. The van der Waals surface area contributed by atoms with Crippen LogP contribution < -0.4 is 10.0 Å². The molecular formula is C7H17N3O4S. The lowest BCUT2D eigenvalue weighted by Crippen LogP contribution is -2.43. The molecule has 0 rings (SSSR count). The molecule has 0 aliphatic rings. The van der Waals surface area contributed by atoms with E-state index in [4.69, 9.17) is 0 Å². The van der Waals surface area contributed by atoms with E-state index < -0.39 is 16.3 Å². The second-order valence-corrected chi connectivity index (χ2v) is 4.53. The maximum atomic E-state index is 11.4. The number of carbonyl (C=O) groups excluding carboxylic acids is 1. The maximum absolute atomic E-state index is 11.4. The van der Waals surface area contributed by atoms with Gasteiger partial charge in [0.15, 0.2) is 0 Å². The van der Waals surface area contributed by atoms with Gasteiger partial charge in [-0.3, -0.25) is 0 Å². The summed E-state index contributed by atoms with van der Waals surface area (Å²) in [5.41, 5.74) is 0. The molecular weight excluding hydrogens is 222 g/mol. The highest BCUT2D eigenvalue weighted by Crippen LogP contribution is 1.93. The Kier molecular flexibility index (Phi) is 6.21. The van der Waals surface area contributed by atoms with Crippen LogP contribution in [0.15, 0.2) is 0 Å². The van der Waals surface area contributed by atoms with Gasteiger partial charge in [0.2, 0.25) is 0 Å². The number of ether oxygens (including phenoxy) is 1. The molecule has 8 heteroatoms. The van der Waals surface area contributed by atoms with Crippen LogP contribution in [0.4, 0.5) is 4.79 Å². The number of nitrogens with zero attached hydrogens (tertiary/aromatic N) is 1. The van der Waals surface area contributed by atoms with Crippen LogP contribution in [-0.2, 0) is 14.9 Å². The van der Waals surface area contributed by atoms with Crippen LogP contribution in [0.5, 0.6) is 0 Å². The predicted octanol–water partition coefficient (Wildman–Crippen LogP) is -0.871. The van der Waals surface area contributed by atoms with Crippen molar-refractivity contribution in [2.24, 2.45) is 0 Å². The highest BCUT2D eigenvalue weighted by molar-refractivity contribution is 7.87. The first-order chi connectivity index (χ1) is 6.94. The quantitative estimate of drug-likeness (QED) is 0.629. The number of hydrogen-bond donors (Lipinski definition) is 2. The lowest BCUT2D eigenvalue weighted by molar-refractivity contribution is 0.158. The molecule has 90 valence electrons. The average molecular weight is 239 g/mol. The van der Waals surface area contributed by atoms with Gasteiger partial charge in [-0.15, -0.1) is 0 Å². The second kappa shape index (κ2) is 6.59. The molecule has 0 radical (unpaired) electrons. The van der Waals surface area contributed by atoms with Crippen molar-refractivity contribution in [1.82, 2.24) is 14.3 Å². The Morgan fingerprint density at radius 1 is 1.47 bits per heavy atom.